The molecule has 0 aliphatic heterocycles. The maximum absolute atomic E-state index is 13.1. The average molecular weight is 441 g/mol. The van der Waals surface area contributed by atoms with Gasteiger partial charge in [-0.25, -0.2) is 4.79 Å². The summed E-state index contributed by atoms with van der Waals surface area (Å²) in [5.41, 5.74) is 2.01. The van der Waals surface area contributed by atoms with Crippen LogP contribution in [0.4, 0.5) is 0 Å². The maximum atomic E-state index is 13.1. The second-order valence-electron chi connectivity index (χ2n) is 7.61. The van der Waals surface area contributed by atoms with E-state index in [1.165, 1.54) is 16.2 Å². The van der Waals surface area contributed by atoms with E-state index in [0.717, 1.165) is 17.7 Å². The largest absolute Gasteiger partial charge is 0.493 e. The van der Waals surface area contributed by atoms with Gasteiger partial charge in [-0.05, 0) is 31.0 Å². The van der Waals surface area contributed by atoms with Gasteiger partial charge in [0.1, 0.15) is 0 Å². The average Bonchev–Trinajstić information content (AvgIpc) is 3.30. The third-order valence-electron chi connectivity index (χ3n) is 5.73. The van der Waals surface area contributed by atoms with E-state index in [1.807, 2.05) is 35.9 Å². The SMILES string of the molecule is COCCn1c(=O)c2c(nc3n(CCc4ccc(OC)c(OC)c4)c(C)cn23)n(C)c1=O. The van der Waals surface area contributed by atoms with Crippen LogP contribution in [0.3, 0.4) is 0 Å². The summed E-state index contributed by atoms with van der Waals surface area (Å²) in [6.07, 6.45) is 2.61. The highest BCUT2D eigenvalue weighted by molar-refractivity contribution is 5.75. The summed E-state index contributed by atoms with van der Waals surface area (Å²) in [5, 5.41) is 0. The highest BCUT2D eigenvalue weighted by Crippen LogP contribution is 2.28. The summed E-state index contributed by atoms with van der Waals surface area (Å²) in [6.45, 7) is 3.08. The Kier molecular flexibility index (Phi) is 5.79. The number of hydrogen-bond acceptors (Lipinski definition) is 6. The lowest BCUT2D eigenvalue weighted by Gasteiger charge is -2.10. The molecule has 0 saturated carbocycles. The van der Waals surface area contributed by atoms with Gasteiger partial charge in [-0.15, -0.1) is 0 Å². The normalized spacial score (nSPS) is 11.5. The number of ether oxygens (including phenoxy) is 3. The molecule has 0 amide bonds. The van der Waals surface area contributed by atoms with E-state index < -0.39 is 5.69 Å². The van der Waals surface area contributed by atoms with Crippen molar-refractivity contribution in [1.82, 2.24) is 23.1 Å². The second-order valence-corrected chi connectivity index (χ2v) is 7.61. The summed E-state index contributed by atoms with van der Waals surface area (Å²) in [6, 6.07) is 5.83. The molecule has 0 bridgehead atoms. The van der Waals surface area contributed by atoms with Crippen LogP contribution in [0.1, 0.15) is 11.3 Å². The molecule has 0 spiro atoms. The van der Waals surface area contributed by atoms with Crippen molar-refractivity contribution < 1.29 is 14.2 Å². The third kappa shape index (κ3) is 3.46. The van der Waals surface area contributed by atoms with Gasteiger partial charge >= 0.3 is 5.69 Å². The van der Waals surface area contributed by atoms with Gasteiger partial charge in [0, 0.05) is 32.6 Å². The molecule has 32 heavy (non-hydrogen) atoms. The van der Waals surface area contributed by atoms with E-state index in [1.54, 1.807) is 25.7 Å². The molecule has 10 nitrogen and oxygen atoms in total. The number of fused-ring (bicyclic) bond motifs is 3. The summed E-state index contributed by atoms with van der Waals surface area (Å²) in [4.78, 5) is 30.4. The molecule has 0 fully saturated rings. The first-order chi connectivity index (χ1) is 15.4. The van der Waals surface area contributed by atoms with Gasteiger partial charge in [-0.2, -0.15) is 4.98 Å². The second kappa shape index (κ2) is 8.54. The van der Waals surface area contributed by atoms with E-state index >= 15 is 0 Å². The first-order valence-corrected chi connectivity index (χ1v) is 10.3. The molecule has 4 rings (SSSR count). The Morgan fingerprint density at radius 1 is 1.00 bits per heavy atom. The molecule has 0 radical (unpaired) electrons. The number of imidazole rings is 2. The van der Waals surface area contributed by atoms with Gasteiger partial charge < -0.3 is 18.8 Å². The topological polar surface area (TPSA) is 93.9 Å². The number of hydrogen-bond donors (Lipinski definition) is 0. The fourth-order valence-corrected chi connectivity index (χ4v) is 3.99. The number of aromatic nitrogens is 5. The van der Waals surface area contributed by atoms with Crippen molar-refractivity contribution in [3.05, 3.63) is 56.5 Å². The lowest BCUT2D eigenvalue weighted by molar-refractivity contribution is 0.184. The van der Waals surface area contributed by atoms with Crippen LogP contribution in [0.15, 0.2) is 34.0 Å². The van der Waals surface area contributed by atoms with Crippen LogP contribution in [0, 0.1) is 6.92 Å². The number of rotatable bonds is 8. The molecule has 0 atom stereocenters. The van der Waals surface area contributed by atoms with Gasteiger partial charge in [0.25, 0.3) is 5.56 Å². The molecule has 170 valence electrons. The molecule has 0 unspecified atom stereocenters. The summed E-state index contributed by atoms with van der Waals surface area (Å²) in [7, 11) is 6.38. The first kappa shape index (κ1) is 21.7. The Hall–Kier alpha value is -3.53. The van der Waals surface area contributed by atoms with Crippen molar-refractivity contribution in [3.8, 4) is 11.5 Å². The van der Waals surface area contributed by atoms with E-state index in [0.29, 0.717) is 35.0 Å². The fourth-order valence-electron chi connectivity index (χ4n) is 3.99. The zero-order valence-electron chi connectivity index (χ0n) is 18.9. The van der Waals surface area contributed by atoms with Crippen LogP contribution < -0.4 is 20.7 Å². The van der Waals surface area contributed by atoms with E-state index in [9.17, 15) is 9.59 Å². The molecule has 4 aromatic rings. The fraction of sp³-hybridized carbons (Fsp3) is 0.409. The monoisotopic (exact) mass is 441 g/mol. The Labute approximate surface area is 184 Å². The van der Waals surface area contributed by atoms with E-state index in [4.69, 9.17) is 14.2 Å². The van der Waals surface area contributed by atoms with Crippen molar-refractivity contribution in [2.24, 2.45) is 7.05 Å². The molecule has 0 aliphatic rings. The molecule has 1 aromatic carbocycles. The zero-order valence-corrected chi connectivity index (χ0v) is 18.9. The Morgan fingerprint density at radius 3 is 2.44 bits per heavy atom. The lowest BCUT2D eigenvalue weighted by atomic mass is 10.1. The third-order valence-corrected chi connectivity index (χ3v) is 5.73. The van der Waals surface area contributed by atoms with Gasteiger partial charge in [0.15, 0.2) is 22.7 Å². The molecule has 0 N–H and O–H groups in total. The van der Waals surface area contributed by atoms with Gasteiger partial charge in [0.05, 0.1) is 27.4 Å². The van der Waals surface area contributed by atoms with Crippen molar-refractivity contribution >= 4 is 16.9 Å². The molecular formula is C22H27N5O5. The van der Waals surface area contributed by atoms with Crippen LogP contribution >= 0.6 is 0 Å². The summed E-state index contributed by atoms with van der Waals surface area (Å²) < 4.78 is 22.2. The predicted molar refractivity (Wildman–Crippen MR) is 120 cm³/mol. The molecule has 3 aromatic heterocycles. The van der Waals surface area contributed by atoms with Crippen LogP contribution in [0.2, 0.25) is 0 Å². The Bertz CT molecular complexity index is 1410. The minimum absolute atomic E-state index is 0.185. The predicted octanol–water partition coefficient (Wildman–Crippen LogP) is 1.36. The quantitative estimate of drug-likeness (QED) is 0.410. The van der Waals surface area contributed by atoms with Gasteiger partial charge in [-0.1, -0.05) is 6.07 Å². The van der Waals surface area contributed by atoms with Gasteiger partial charge in [-0.3, -0.25) is 18.3 Å². The van der Waals surface area contributed by atoms with Crippen molar-refractivity contribution in [2.75, 3.05) is 27.9 Å². The number of nitrogens with zero attached hydrogens (tertiary/aromatic N) is 5. The highest BCUT2D eigenvalue weighted by Gasteiger charge is 2.20. The van der Waals surface area contributed by atoms with Crippen LogP contribution in [-0.4, -0.2) is 51.0 Å². The van der Waals surface area contributed by atoms with Crippen molar-refractivity contribution in [2.45, 2.75) is 26.4 Å². The molecule has 3 heterocycles. The Balaban J connectivity index is 1.77. The standard InChI is InChI=1S/C22H27N5O5/c1-14-13-27-18-19(24(2)22(29)26(20(18)28)10-11-30-3)23-21(27)25(14)9-8-15-6-7-16(31-4)17(12-15)32-5/h6-7,12-13H,8-11H2,1-5H3. The number of aryl methyl sites for hydroxylation is 4. The van der Waals surface area contributed by atoms with Crippen LogP contribution in [0.5, 0.6) is 11.5 Å². The maximum Gasteiger partial charge on any atom is 0.332 e. The molecule has 0 saturated heterocycles. The molecular weight excluding hydrogens is 414 g/mol. The Morgan fingerprint density at radius 2 is 1.75 bits per heavy atom. The first-order valence-electron chi connectivity index (χ1n) is 10.3. The number of benzene rings is 1. The van der Waals surface area contributed by atoms with E-state index in [-0.39, 0.29) is 18.7 Å². The number of methoxy groups -OCH3 is 3. The van der Waals surface area contributed by atoms with Crippen molar-refractivity contribution in [3.63, 3.8) is 0 Å². The summed E-state index contributed by atoms with van der Waals surface area (Å²) >= 11 is 0. The van der Waals surface area contributed by atoms with E-state index in [2.05, 4.69) is 4.98 Å². The lowest BCUT2D eigenvalue weighted by Crippen LogP contribution is -2.40. The van der Waals surface area contributed by atoms with Crippen molar-refractivity contribution in [1.29, 1.82) is 0 Å². The van der Waals surface area contributed by atoms with Gasteiger partial charge in [0.2, 0.25) is 5.78 Å². The zero-order chi connectivity index (χ0) is 23.0. The summed E-state index contributed by atoms with van der Waals surface area (Å²) in [5.74, 6) is 1.98. The van der Waals surface area contributed by atoms with Crippen LogP contribution in [-0.2, 0) is 31.3 Å². The minimum Gasteiger partial charge on any atom is -0.493 e. The molecule has 0 aliphatic carbocycles. The minimum atomic E-state index is -0.408. The molecule has 10 heteroatoms. The van der Waals surface area contributed by atoms with Crippen LogP contribution in [0.25, 0.3) is 16.9 Å². The highest BCUT2D eigenvalue weighted by atomic mass is 16.5. The smallest absolute Gasteiger partial charge is 0.332 e.